The minimum atomic E-state index is -2.04. The van der Waals surface area contributed by atoms with Crippen LogP contribution in [0.15, 0.2) is 12.3 Å². The molecule has 0 aliphatic heterocycles. The normalized spacial score (nSPS) is 17.2. The summed E-state index contributed by atoms with van der Waals surface area (Å²) in [5.74, 6) is -0.682. The van der Waals surface area contributed by atoms with E-state index < -0.39 is 15.5 Å². The van der Waals surface area contributed by atoms with Crippen LogP contribution in [0.1, 0.15) is 53.1 Å². The third-order valence-corrected chi connectivity index (χ3v) is 4.55. The molecule has 7 heteroatoms. The molecule has 0 radical (unpaired) electrons. The Kier molecular flexibility index (Phi) is 4.91. The summed E-state index contributed by atoms with van der Waals surface area (Å²) in [5.41, 5.74) is 0.496. The highest BCUT2D eigenvalue weighted by atomic mass is 35.6. The monoisotopic (exact) mass is 351 g/mol. The first-order valence-electron chi connectivity index (χ1n) is 6.67. The van der Waals surface area contributed by atoms with E-state index in [9.17, 15) is 9.59 Å². The number of hydrogen-bond donors (Lipinski definition) is 0. The average Bonchev–Trinajstić information content (AvgIpc) is 2.78. The van der Waals surface area contributed by atoms with Gasteiger partial charge in [0, 0.05) is 17.8 Å². The van der Waals surface area contributed by atoms with Crippen molar-refractivity contribution in [1.82, 2.24) is 4.57 Å². The molecule has 2 rings (SSSR count). The maximum atomic E-state index is 12.1. The van der Waals surface area contributed by atoms with Gasteiger partial charge in [0.05, 0.1) is 7.11 Å². The van der Waals surface area contributed by atoms with Gasteiger partial charge in [-0.15, -0.1) is 0 Å². The standard InChI is InChI=1S/C14H16Cl3NO3/c1-8(9-4-3-5-9)18-7-10(12(19)14(15,16)17)6-11(18)13(20)21-2/h6-9H,3-5H2,1-2H3. The maximum absolute atomic E-state index is 12.1. The summed E-state index contributed by atoms with van der Waals surface area (Å²) >= 11 is 16.9. The van der Waals surface area contributed by atoms with Crippen molar-refractivity contribution in [3.8, 4) is 0 Å². The number of esters is 1. The van der Waals surface area contributed by atoms with Crippen molar-refractivity contribution in [2.75, 3.05) is 7.11 Å². The van der Waals surface area contributed by atoms with Gasteiger partial charge in [-0.05, 0) is 31.7 Å². The van der Waals surface area contributed by atoms with Crippen LogP contribution in [0, 0.1) is 5.92 Å². The summed E-state index contributed by atoms with van der Waals surface area (Å²) < 4.78 is 4.47. The number of ether oxygens (including phenoxy) is 1. The van der Waals surface area contributed by atoms with Gasteiger partial charge in [-0.1, -0.05) is 41.2 Å². The van der Waals surface area contributed by atoms with E-state index in [0.717, 1.165) is 12.8 Å². The van der Waals surface area contributed by atoms with E-state index in [0.29, 0.717) is 11.6 Å². The van der Waals surface area contributed by atoms with Crippen molar-refractivity contribution >= 4 is 46.6 Å². The van der Waals surface area contributed by atoms with Gasteiger partial charge < -0.3 is 9.30 Å². The maximum Gasteiger partial charge on any atom is 0.354 e. The van der Waals surface area contributed by atoms with Gasteiger partial charge in [-0.25, -0.2) is 4.79 Å². The lowest BCUT2D eigenvalue weighted by Gasteiger charge is -2.33. The number of carbonyl (C=O) groups excluding carboxylic acids is 2. The van der Waals surface area contributed by atoms with Crippen LogP contribution in [0.25, 0.3) is 0 Å². The third kappa shape index (κ3) is 3.38. The van der Waals surface area contributed by atoms with Gasteiger partial charge in [-0.3, -0.25) is 4.79 Å². The van der Waals surface area contributed by atoms with Crippen LogP contribution in [0.3, 0.4) is 0 Å². The second kappa shape index (κ2) is 6.19. The Morgan fingerprint density at radius 1 is 1.38 bits per heavy atom. The quantitative estimate of drug-likeness (QED) is 0.464. The molecule has 1 unspecified atom stereocenters. The second-order valence-corrected chi connectivity index (χ2v) is 7.55. The zero-order chi connectivity index (χ0) is 15.8. The molecular weight excluding hydrogens is 337 g/mol. The smallest absolute Gasteiger partial charge is 0.354 e. The lowest BCUT2D eigenvalue weighted by Crippen LogP contribution is -2.25. The number of Topliss-reactive ketones (excluding diaryl/α,β-unsaturated/α-hetero) is 1. The molecular formula is C14H16Cl3NO3. The molecule has 1 atom stereocenters. The van der Waals surface area contributed by atoms with E-state index in [1.165, 1.54) is 19.6 Å². The van der Waals surface area contributed by atoms with Crippen LogP contribution in [0.2, 0.25) is 0 Å². The molecule has 0 spiro atoms. The molecule has 116 valence electrons. The van der Waals surface area contributed by atoms with Gasteiger partial charge in [0.2, 0.25) is 5.78 Å². The van der Waals surface area contributed by atoms with Gasteiger partial charge in [0.15, 0.2) is 0 Å². The molecule has 1 aromatic rings. The van der Waals surface area contributed by atoms with Crippen molar-refractivity contribution in [2.45, 2.75) is 36.0 Å². The fraction of sp³-hybridized carbons (Fsp3) is 0.571. The second-order valence-electron chi connectivity index (χ2n) is 5.27. The predicted octanol–water partition coefficient (Wildman–Crippen LogP) is 4.19. The number of alkyl halides is 3. The van der Waals surface area contributed by atoms with Crippen LogP contribution in [0.5, 0.6) is 0 Å². The van der Waals surface area contributed by atoms with Crippen molar-refractivity contribution in [1.29, 1.82) is 0 Å². The highest BCUT2D eigenvalue weighted by Crippen LogP contribution is 2.38. The van der Waals surface area contributed by atoms with Gasteiger partial charge in [0.25, 0.3) is 3.79 Å². The Labute approximate surface area is 138 Å². The SMILES string of the molecule is COC(=O)c1cc(C(=O)C(Cl)(Cl)Cl)cn1C(C)C1CCC1. The fourth-order valence-corrected chi connectivity index (χ4v) is 2.85. The number of rotatable bonds is 4. The van der Waals surface area contributed by atoms with E-state index in [4.69, 9.17) is 39.5 Å². The highest BCUT2D eigenvalue weighted by Gasteiger charge is 2.35. The molecule has 1 aliphatic carbocycles. The van der Waals surface area contributed by atoms with Crippen molar-refractivity contribution < 1.29 is 14.3 Å². The number of hydrogen-bond acceptors (Lipinski definition) is 3. The van der Waals surface area contributed by atoms with Crippen LogP contribution in [-0.2, 0) is 4.74 Å². The summed E-state index contributed by atoms with van der Waals surface area (Å²) in [7, 11) is 1.30. The first-order valence-corrected chi connectivity index (χ1v) is 7.80. The van der Waals surface area contributed by atoms with Gasteiger partial charge in [-0.2, -0.15) is 0 Å². The lowest BCUT2D eigenvalue weighted by molar-refractivity contribution is 0.0581. The zero-order valence-electron chi connectivity index (χ0n) is 11.7. The predicted molar refractivity (Wildman–Crippen MR) is 82.4 cm³/mol. The molecule has 0 aromatic carbocycles. The van der Waals surface area contributed by atoms with E-state index in [1.807, 2.05) is 6.92 Å². The lowest BCUT2D eigenvalue weighted by atomic mass is 9.80. The Hall–Kier alpha value is -0.710. The molecule has 1 aliphatic rings. The Bertz CT molecular complexity index is 558. The largest absolute Gasteiger partial charge is 0.464 e. The summed E-state index contributed by atoms with van der Waals surface area (Å²) in [6.45, 7) is 2.01. The van der Waals surface area contributed by atoms with Crippen LogP contribution >= 0.6 is 34.8 Å². The van der Waals surface area contributed by atoms with Crippen molar-refractivity contribution in [3.05, 3.63) is 23.5 Å². The van der Waals surface area contributed by atoms with Crippen LogP contribution < -0.4 is 0 Å². The number of ketones is 1. The van der Waals surface area contributed by atoms with Gasteiger partial charge >= 0.3 is 5.97 Å². The first-order chi connectivity index (χ1) is 9.75. The molecule has 21 heavy (non-hydrogen) atoms. The minimum absolute atomic E-state index is 0.0878. The molecule has 0 bridgehead atoms. The van der Waals surface area contributed by atoms with E-state index >= 15 is 0 Å². The Balaban J connectivity index is 2.40. The van der Waals surface area contributed by atoms with Crippen molar-refractivity contribution in [3.63, 3.8) is 0 Å². The summed E-state index contributed by atoms with van der Waals surface area (Å²) in [5, 5.41) is 0. The Morgan fingerprint density at radius 2 is 2.00 bits per heavy atom. The summed E-state index contributed by atoms with van der Waals surface area (Å²) in [6, 6.07) is 1.51. The first kappa shape index (κ1) is 16.7. The molecule has 1 aromatic heterocycles. The third-order valence-electron chi connectivity index (χ3n) is 4.03. The highest BCUT2D eigenvalue weighted by molar-refractivity contribution is 6.77. The van der Waals surface area contributed by atoms with E-state index in [-0.39, 0.29) is 11.6 Å². The molecule has 0 amide bonds. The van der Waals surface area contributed by atoms with E-state index in [1.54, 1.807) is 10.8 Å². The summed E-state index contributed by atoms with van der Waals surface area (Å²) in [6.07, 6.45) is 4.96. The van der Waals surface area contributed by atoms with Crippen molar-refractivity contribution in [2.24, 2.45) is 5.92 Å². The number of aromatic nitrogens is 1. The topological polar surface area (TPSA) is 48.3 Å². The van der Waals surface area contributed by atoms with Gasteiger partial charge in [0.1, 0.15) is 5.69 Å². The number of nitrogens with zero attached hydrogens (tertiary/aromatic N) is 1. The molecule has 0 saturated heterocycles. The molecule has 0 N–H and O–H groups in total. The van der Waals surface area contributed by atoms with Crippen LogP contribution in [-0.4, -0.2) is 27.2 Å². The minimum Gasteiger partial charge on any atom is -0.464 e. The zero-order valence-corrected chi connectivity index (χ0v) is 14.0. The van der Waals surface area contributed by atoms with Crippen LogP contribution in [0.4, 0.5) is 0 Å². The summed E-state index contributed by atoms with van der Waals surface area (Å²) in [4.78, 5) is 24.0. The molecule has 1 heterocycles. The number of halogens is 3. The molecule has 4 nitrogen and oxygen atoms in total. The number of methoxy groups -OCH3 is 1. The average molecular weight is 353 g/mol. The molecule has 1 saturated carbocycles. The fourth-order valence-electron chi connectivity index (χ4n) is 2.52. The molecule has 1 fully saturated rings. The van der Waals surface area contributed by atoms with E-state index in [2.05, 4.69) is 0 Å². The Morgan fingerprint density at radius 3 is 2.43 bits per heavy atom. The number of carbonyl (C=O) groups is 2.